The Hall–Kier alpha value is -0.850. The van der Waals surface area contributed by atoms with E-state index in [1.54, 1.807) is 0 Å². The molecule has 0 spiro atoms. The molecular weight excluding hydrogens is 270 g/mol. The lowest BCUT2D eigenvalue weighted by Crippen LogP contribution is -2.54. The number of likely N-dealkylation sites (tertiary alicyclic amines) is 1. The summed E-state index contributed by atoms with van der Waals surface area (Å²) in [7, 11) is 0. The molecule has 1 heterocycles. The number of amides is 1. The number of carbonyl (C=O) groups excluding carboxylic acids is 1. The molecule has 0 bridgehead atoms. The van der Waals surface area contributed by atoms with Crippen LogP contribution in [0.2, 0.25) is 0 Å². The van der Waals surface area contributed by atoms with E-state index in [2.05, 4.69) is 10.2 Å². The molecular formula is C15H31N3O3. The van der Waals surface area contributed by atoms with Crippen LogP contribution in [0.5, 0.6) is 0 Å². The number of ether oxygens (including phenoxy) is 1. The molecule has 0 aromatic heterocycles. The zero-order valence-corrected chi connectivity index (χ0v) is 13.8. The van der Waals surface area contributed by atoms with Gasteiger partial charge in [0, 0.05) is 32.2 Å². The summed E-state index contributed by atoms with van der Waals surface area (Å²) in [6.45, 7) is 10.5. The van der Waals surface area contributed by atoms with Crippen LogP contribution >= 0.6 is 0 Å². The van der Waals surface area contributed by atoms with Gasteiger partial charge in [0.1, 0.15) is 5.60 Å². The third-order valence-electron chi connectivity index (χ3n) is 3.69. The summed E-state index contributed by atoms with van der Waals surface area (Å²) in [6, 6.07) is -0.00801. The van der Waals surface area contributed by atoms with Crippen molar-refractivity contribution in [2.45, 2.75) is 58.3 Å². The van der Waals surface area contributed by atoms with E-state index in [4.69, 9.17) is 10.5 Å². The van der Waals surface area contributed by atoms with E-state index in [9.17, 15) is 9.90 Å². The molecule has 1 aliphatic rings. The maximum atomic E-state index is 11.9. The van der Waals surface area contributed by atoms with Crippen molar-refractivity contribution in [1.29, 1.82) is 0 Å². The van der Waals surface area contributed by atoms with Crippen LogP contribution in [0.3, 0.4) is 0 Å². The van der Waals surface area contributed by atoms with E-state index >= 15 is 0 Å². The van der Waals surface area contributed by atoms with Gasteiger partial charge in [-0.25, -0.2) is 4.79 Å². The molecule has 0 aliphatic carbocycles. The first-order chi connectivity index (χ1) is 9.75. The molecule has 0 radical (unpaired) electrons. The molecule has 1 amide bonds. The molecule has 4 N–H and O–H groups in total. The van der Waals surface area contributed by atoms with Gasteiger partial charge in [-0.15, -0.1) is 0 Å². The van der Waals surface area contributed by atoms with Crippen LogP contribution in [0.4, 0.5) is 4.79 Å². The van der Waals surface area contributed by atoms with Crippen LogP contribution in [0.15, 0.2) is 0 Å². The Kier molecular flexibility index (Phi) is 6.90. The van der Waals surface area contributed by atoms with Crippen molar-refractivity contribution >= 4 is 6.09 Å². The van der Waals surface area contributed by atoms with Crippen molar-refractivity contribution in [2.24, 2.45) is 11.7 Å². The Bertz CT molecular complexity index is 331. The lowest BCUT2D eigenvalue weighted by Gasteiger charge is -2.39. The van der Waals surface area contributed by atoms with Gasteiger partial charge in [-0.2, -0.15) is 0 Å². The predicted octanol–water partition coefficient (Wildman–Crippen LogP) is 0.931. The molecule has 1 aliphatic heterocycles. The molecule has 3 unspecified atom stereocenters. The average molecular weight is 301 g/mol. The molecule has 1 fully saturated rings. The second-order valence-electron chi connectivity index (χ2n) is 6.86. The van der Waals surface area contributed by atoms with Crippen LogP contribution in [-0.4, -0.2) is 60.0 Å². The first kappa shape index (κ1) is 18.2. The summed E-state index contributed by atoms with van der Waals surface area (Å²) in [5.41, 5.74) is 5.13. The second kappa shape index (κ2) is 7.96. The van der Waals surface area contributed by atoms with Gasteiger partial charge >= 0.3 is 6.09 Å². The fraction of sp³-hybridized carbons (Fsp3) is 0.933. The van der Waals surface area contributed by atoms with E-state index in [0.29, 0.717) is 6.54 Å². The maximum Gasteiger partial charge on any atom is 0.407 e. The fourth-order valence-electron chi connectivity index (χ4n) is 2.79. The molecule has 3 atom stereocenters. The predicted molar refractivity (Wildman–Crippen MR) is 83.1 cm³/mol. The van der Waals surface area contributed by atoms with Crippen molar-refractivity contribution in [2.75, 3.05) is 26.2 Å². The Morgan fingerprint density at radius 3 is 2.67 bits per heavy atom. The Morgan fingerprint density at radius 1 is 1.48 bits per heavy atom. The summed E-state index contributed by atoms with van der Waals surface area (Å²) in [6.07, 6.45) is 0.760. The summed E-state index contributed by atoms with van der Waals surface area (Å²) >= 11 is 0. The molecule has 0 saturated carbocycles. The summed E-state index contributed by atoms with van der Waals surface area (Å²) in [5, 5.41) is 13.0. The molecule has 21 heavy (non-hydrogen) atoms. The van der Waals surface area contributed by atoms with Crippen molar-refractivity contribution in [3.63, 3.8) is 0 Å². The number of alkyl carbamates (subject to hydrolysis) is 1. The van der Waals surface area contributed by atoms with E-state index in [1.165, 1.54) is 0 Å². The van der Waals surface area contributed by atoms with Gasteiger partial charge < -0.3 is 20.9 Å². The number of nitrogens with two attached hydrogens (primary N) is 1. The first-order valence-corrected chi connectivity index (χ1v) is 7.85. The zero-order valence-electron chi connectivity index (χ0n) is 13.8. The minimum Gasteiger partial charge on any atom is -0.444 e. The van der Waals surface area contributed by atoms with Crippen LogP contribution in [0.1, 0.15) is 40.5 Å². The van der Waals surface area contributed by atoms with Crippen molar-refractivity contribution < 1.29 is 14.6 Å². The molecule has 1 saturated heterocycles. The molecule has 0 aromatic carbocycles. The molecule has 0 aromatic rings. The van der Waals surface area contributed by atoms with Gasteiger partial charge in [-0.1, -0.05) is 6.92 Å². The summed E-state index contributed by atoms with van der Waals surface area (Å²) in [5.74, 6) is 0.162. The number of nitrogens with zero attached hydrogens (tertiary/aromatic N) is 1. The highest BCUT2D eigenvalue weighted by atomic mass is 16.6. The van der Waals surface area contributed by atoms with E-state index < -0.39 is 11.7 Å². The first-order valence-electron chi connectivity index (χ1n) is 7.85. The standard InChI is InChI=1S/C15H31N3O3/c1-5-13(19)11-8-12(10-18(9-11)7-6-16)17-14(20)21-15(2,3)4/h11-13,19H,5-10,16H2,1-4H3,(H,17,20). The summed E-state index contributed by atoms with van der Waals surface area (Å²) < 4.78 is 5.30. The third kappa shape index (κ3) is 6.63. The normalized spacial score (nSPS) is 25.4. The molecule has 1 rings (SSSR count). The van der Waals surface area contributed by atoms with Crippen molar-refractivity contribution in [1.82, 2.24) is 10.2 Å². The Labute approximate surface area is 128 Å². The van der Waals surface area contributed by atoms with Gasteiger partial charge in [0.25, 0.3) is 0 Å². The fourth-order valence-corrected chi connectivity index (χ4v) is 2.79. The lowest BCUT2D eigenvalue weighted by molar-refractivity contribution is 0.0245. The van der Waals surface area contributed by atoms with E-state index in [-0.39, 0.29) is 18.1 Å². The minimum absolute atomic E-state index is 0.00801. The Balaban J connectivity index is 2.60. The third-order valence-corrected chi connectivity index (χ3v) is 3.69. The highest BCUT2D eigenvalue weighted by Gasteiger charge is 2.32. The lowest BCUT2D eigenvalue weighted by atomic mass is 9.88. The van der Waals surface area contributed by atoms with E-state index in [0.717, 1.165) is 32.5 Å². The average Bonchev–Trinajstić information content (AvgIpc) is 2.35. The number of hydrogen-bond donors (Lipinski definition) is 3. The van der Waals surface area contributed by atoms with Gasteiger partial charge in [-0.3, -0.25) is 4.90 Å². The van der Waals surface area contributed by atoms with Crippen molar-refractivity contribution in [3.8, 4) is 0 Å². The van der Waals surface area contributed by atoms with Gasteiger partial charge in [0.2, 0.25) is 0 Å². The van der Waals surface area contributed by atoms with Crippen LogP contribution in [0.25, 0.3) is 0 Å². The maximum absolute atomic E-state index is 11.9. The number of carbonyl (C=O) groups is 1. The van der Waals surface area contributed by atoms with Gasteiger partial charge in [0.15, 0.2) is 0 Å². The highest BCUT2D eigenvalue weighted by Crippen LogP contribution is 2.22. The summed E-state index contributed by atoms with van der Waals surface area (Å²) in [4.78, 5) is 14.1. The SMILES string of the molecule is CCC(O)C1CC(NC(=O)OC(C)(C)C)CN(CCN)C1. The molecule has 124 valence electrons. The number of nitrogens with one attached hydrogen (secondary N) is 1. The smallest absolute Gasteiger partial charge is 0.407 e. The monoisotopic (exact) mass is 301 g/mol. The van der Waals surface area contributed by atoms with Crippen LogP contribution in [0, 0.1) is 5.92 Å². The number of aliphatic hydroxyl groups is 1. The second-order valence-corrected chi connectivity index (χ2v) is 6.86. The van der Waals surface area contributed by atoms with Crippen LogP contribution < -0.4 is 11.1 Å². The van der Waals surface area contributed by atoms with Crippen LogP contribution in [-0.2, 0) is 4.74 Å². The Morgan fingerprint density at radius 2 is 2.14 bits per heavy atom. The number of aliphatic hydroxyl groups excluding tert-OH is 1. The largest absolute Gasteiger partial charge is 0.444 e. The molecule has 6 heteroatoms. The quantitative estimate of drug-likeness (QED) is 0.703. The highest BCUT2D eigenvalue weighted by molar-refractivity contribution is 5.68. The number of hydrogen-bond acceptors (Lipinski definition) is 5. The zero-order chi connectivity index (χ0) is 16.0. The molecule has 6 nitrogen and oxygen atoms in total. The topological polar surface area (TPSA) is 87.8 Å². The number of rotatable bonds is 5. The van der Waals surface area contributed by atoms with Crippen molar-refractivity contribution in [3.05, 3.63) is 0 Å². The van der Waals surface area contributed by atoms with E-state index in [1.807, 2.05) is 27.7 Å². The van der Waals surface area contributed by atoms with Gasteiger partial charge in [0.05, 0.1) is 6.10 Å². The number of piperidine rings is 1. The minimum atomic E-state index is -0.502. The van der Waals surface area contributed by atoms with Gasteiger partial charge in [-0.05, 0) is 39.5 Å².